The summed E-state index contributed by atoms with van der Waals surface area (Å²) in [7, 11) is 1.49. The minimum Gasteiger partial charge on any atom is -0.462 e. The van der Waals surface area contributed by atoms with Gasteiger partial charge in [-0.05, 0) is 12.8 Å². The maximum absolute atomic E-state index is 12.7. The van der Waals surface area contributed by atoms with Crippen LogP contribution in [-0.2, 0) is 32.7 Å². The minimum absolute atomic E-state index is 0.0368. The monoisotopic (exact) mass is 791 g/mol. The molecule has 1 unspecified atom stereocenters. The number of hydrogen-bond acceptors (Lipinski definition) is 7. The number of unbranched alkanes of at least 4 members (excludes halogenated alkanes) is 28. The van der Waals surface area contributed by atoms with Gasteiger partial charge >= 0.3 is 19.8 Å². The molecule has 2 atom stereocenters. The van der Waals surface area contributed by atoms with Gasteiger partial charge in [0.15, 0.2) is 6.10 Å². The number of likely N-dealkylation sites (N-methyl/N-ethyl adjacent to an activating group) is 1. The van der Waals surface area contributed by atoms with E-state index in [0.717, 1.165) is 38.5 Å². The Hall–Kier alpha value is -0.990. The number of carbonyl (C=O) groups excluding carboxylic acids is 2. The van der Waals surface area contributed by atoms with Crippen LogP contribution < -0.4 is 0 Å². The smallest absolute Gasteiger partial charge is 0.462 e. The van der Waals surface area contributed by atoms with Gasteiger partial charge in [0, 0.05) is 12.8 Å². The zero-order valence-corrected chi connectivity index (χ0v) is 37.1. The van der Waals surface area contributed by atoms with E-state index in [4.69, 9.17) is 18.5 Å². The van der Waals surface area contributed by atoms with Gasteiger partial charge in [-0.2, -0.15) is 0 Å². The maximum Gasteiger partial charge on any atom is 0.472 e. The topological polar surface area (TPSA) is 108 Å². The van der Waals surface area contributed by atoms with Gasteiger partial charge in [-0.3, -0.25) is 18.6 Å². The summed E-state index contributed by atoms with van der Waals surface area (Å²) in [6, 6.07) is 0. The van der Waals surface area contributed by atoms with Gasteiger partial charge in [0.1, 0.15) is 19.8 Å². The summed E-state index contributed by atoms with van der Waals surface area (Å²) in [4.78, 5) is 35.3. The molecule has 0 aliphatic heterocycles. The second-order valence-electron chi connectivity index (χ2n) is 16.8. The second-order valence-corrected chi connectivity index (χ2v) is 18.3. The molecule has 322 valence electrons. The highest BCUT2D eigenvalue weighted by molar-refractivity contribution is 7.47. The van der Waals surface area contributed by atoms with Crippen LogP contribution in [0.3, 0.4) is 0 Å². The molecule has 0 rings (SSSR count). The van der Waals surface area contributed by atoms with Crippen molar-refractivity contribution in [3.63, 3.8) is 0 Å². The zero-order chi connectivity index (χ0) is 40.0. The molecule has 54 heavy (non-hydrogen) atoms. The van der Waals surface area contributed by atoms with Crippen LogP contribution in [0.2, 0.25) is 0 Å². The van der Waals surface area contributed by atoms with Crippen LogP contribution in [0.4, 0.5) is 0 Å². The normalized spacial score (nSPS) is 13.5. The van der Waals surface area contributed by atoms with E-state index < -0.39 is 26.5 Å². The molecule has 0 aromatic rings. The van der Waals surface area contributed by atoms with Crippen molar-refractivity contribution in [2.24, 2.45) is 0 Å². The number of quaternary nitrogens is 1. The van der Waals surface area contributed by atoms with Gasteiger partial charge in [-0.15, -0.1) is 0 Å². The highest BCUT2D eigenvalue weighted by Crippen LogP contribution is 2.43. The van der Waals surface area contributed by atoms with Crippen LogP contribution in [0.1, 0.15) is 219 Å². The predicted octanol–water partition coefficient (Wildman–Crippen LogP) is 12.8. The van der Waals surface area contributed by atoms with Gasteiger partial charge in [-0.25, -0.2) is 4.57 Å². The van der Waals surface area contributed by atoms with E-state index in [2.05, 4.69) is 13.8 Å². The van der Waals surface area contributed by atoms with Gasteiger partial charge in [-0.1, -0.05) is 194 Å². The summed E-state index contributed by atoms with van der Waals surface area (Å²) in [5.74, 6) is -0.783. The minimum atomic E-state index is -4.36. The number of carbonyl (C=O) groups is 2. The van der Waals surface area contributed by atoms with Gasteiger partial charge in [0.2, 0.25) is 0 Å². The van der Waals surface area contributed by atoms with Crippen molar-refractivity contribution in [2.75, 3.05) is 47.5 Å². The third-order valence-corrected chi connectivity index (χ3v) is 11.1. The molecule has 0 aromatic heterocycles. The van der Waals surface area contributed by atoms with Crippen LogP contribution in [-0.4, -0.2) is 74.9 Å². The van der Waals surface area contributed by atoms with Crippen molar-refractivity contribution in [1.29, 1.82) is 0 Å². The molecule has 0 spiro atoms. The van der Waals surface area contributed by atoms with Gasteiger partial charge in [0.05, 0.1) is 27.7 Å². The fourth-order valence-corrected chi connectivity index (χ4v) is 7.29. The summed E-state index contributed by atoms with van der Waals surface area (Å²) < 4.78 is 34.3. The molecular formula is C44H89NO8P+. The van der Waals surface area contributed by atoms with Crippen LogP contribution in [0, 0.1) is 0 Å². The number of phosphoric ester groups is 1. The summed E-state index contributed by atoms with van der Waals surface area (Å²) in [5, 5.41) is 0. The van der Waals surface area contributed by atoms with E-state index in [-0.39, 0.29) is 25.6 Å². The van der Waals surface area contributed by atoms with E-state index in [9.17, 15) is 19.0 Å². The first-order valence-electron chi connectivity index (χ1n) is 22.8. The maximum atomic E-state index is 12.7. The number of hydrogen-bond donors (Lipinski definition) is 1. The first kappa shape index (κ1) is 53.0. The average molecular weight is 791 g/mol. The highest BCUT2D eigenvalue weighted by atomic mass is 31.2. The number of esters is 2. The molecule has 9 nitrogen and oxygen atoms in total. The summed E-state index contributed by atoms with van der Waals surface area (Å²) >= 11 is 0. The molecule has 10 heteroatoms. The molecule has 0 bridgehead atoms. The van der Waals surface area contributed by atoms with E-state index in [1.807, 2.05) is 21.1 Å². The molecule has 0 aromatic carbocycles. The Kier molecular flexibility index (Phi) is 36.9. The van der Waals surface area contributed by atoms with Crippen LogP contribution in [0.15, 0.2) is 0 Å². The lowest BCUT2D eigenvalue weighted by Gasteiger charge is -2.24. The Morgan fingerprint density at radius 2 is 0.833 bits per heavy atom. The molecule has 0 amide bonds. The second kappa shape index (κ2) is 37.6. The molecule has 0 saturated carbocycles. The number of nitrogens with zero attached hydrogens (tertiary/aromatic N) is 1. The zero-order valence-electron chi connectivity index (χ0n) is 36.2. The Balaban J connectivity index is 4.25. The predicted molar refractivity (Wildman–Crippen MR) is 225 cm³/mol. The molecule has 0 aliphatic carbocycles. The van der Waals surface area contributed by atoms with E-state index in [0.29, 0.717) is 17.4 Å². The van der Waals surface area contributed by atoms with Crippen molar-refractivity contribution >= 4 is 19.8 Å². The van der Waals surface area contributed by atoms with Gasteiger partial charge < -0.3 is 18.9 Å². The third-order valence-electron chi connectivity index (χ3n) is 10.1. The lowest BCUT2D eigenvalue weighted by Crippen LogP contribution is -2.37. The van der Waals surface area contributed by atoms with Crippen molar-refractivity contribution in [1.82, 2.24) is 0 Å². The first-order chi connectivity index (χ1) is 26.0. The average Bonchev–Trinajstić information content (AvgIpc) is 3.12. The van der Waals surface area contributed by atoms with Crippen molar-refractivity contribution in [2.45, 2.75) is 225 Å². The van der Waals surface area contributed by atoms with Crippen LogP contribution in [0.5, 0.6) is 0 Å². The fraction of sp³-hybridized carbons (Fsp3) is 0.955. The molecule has 0 aliphatic rings. The third kappa shape index (κ3) is 40.7. The standard InChI is InChI=1S/C44H88NO8P/c1-6-8-10-12-14-16-18-20-21-22-23-24-25-27-28-30-32-34-36-43(46)50-40-42(41-52-54(48,49)51-39-38-45(3,4)5)53-44(47)37-35-33-31-29-26-19-17-15-13-11-9-7-2/h42H,6-41H2,1-5H3/p+1/t42-/m0/s1. The van der Waals surface area contributed by atoms with E-state index >= 15 is 0 Å². The quantitative estimate of drug-likeness (QED) is 0.0282. The molecule has 1 N–H and O–H groups in total. The highest BCUT2D eigenvalue weighted by Gasteiger charge is 2.27. The number of ether oxygens (including phenoxy) is 2. The largest absolute Gasteiger partial charge is 0.472 e. The van der Waals surface area contributed by atoms with Crippen LogP contribution >= 0.6 is 7.82 Å². The van der Waals surface area contributed by atoms with E-state index in [1.54, 1.807) is 0 Å². The van der Waals surface area contributed by atoms with Crippen molar-refractivity contribution in [3.8, 4) is 0 Å². The number of rotatable bonds is 42. The number of phosphoric acid groups is 1. The molecule has 0 saturated heterocycles. The lowest BCUT2D eigenvalue weighted by molar-refractivity contribution is -0.870. The molecule has 0 heterocycles. The summed E-state index contributed by atoms with van der Waals surface area (Å²) in [5.41, 5.74) is 0. The summed E-state index contributed by atoms with van der Waals surface area (Å²) in [6.45, 7) is 4.46. The van der Waals surface area contributed by atoms with Crippen LogP contribution in [0.25, 0.3) is 0 Å². The Morgan fingerprint density at radius 3 is 1.19 bits per heavy atom. The molecule has 0 fully saturated rings. The molecular weight excluding hydrogens is 701 g/mol. The van der Waals surface area contributed by atoms with Gasteiger partial charge in [0.25, 0.3) is 0 Å². The first-order valence-corrected chi connectivity index (χ1v) is 24.3. The Bertz CT molecular complexity index is 896. The SMILES string of the molecule is CCCCCCCCCCCCCCCCCCCCC(=O)OC[C@@H](COP(=O)(O)OCC[N+](C)(C)C)OC(=O)CCCCCCCCCCCCCC. The fourth-order valence-electron chi connectivity index (χ4n) is 6.54. The van der Waals surface area contributed by atoms with Crippen molar-refractivity contribution in [3.05, 3.63) is 0 Å². The molecule has 0 radical (unpaired) electrons. The lowest BCUT2D eigenvalue weighted by atomic mass is 10.0. The van der Waals surface area contributed by atoms with Crippen molar-refractivity contribution < 1.29 is 42.1 Å². The Morgan fingerprint density at radius 1 is 0.500 bits per heavy atom. The van der Waals surface area contributed by atoms with E-state index in [1.165, 1.54) is 154 Å². The summed E-state index contributed by atoms with van der Waals surface area (Å²) in [6.07, 6.45) is 37.2. The Labute approximate surface area is 334 Å².